The zero-order valence-electron chi connectivity index (χ0n) is 16.8. The molecule has 0 bridgehead atoms. The molecule has 0 aliphatic carbocycles. The molecule has 148 valence electrons. The minimum Gasteiger partial charge on any atom is -0.493 e. The Hall–Kier alpha value is -1.39. The summed E-state index contributed by atoms with van der Waals surface area (Å²) < 4.78 is 12.3. The van der Waals surface area contributed by atoms with Crippen LogP contribution in [0.3, 0.4) is 0 Å². The number of hydrogen-bond acceptors (Lipinski definition) is 4. The Labute approximate surface area is 167 Å². The molecule has 1 aliphatic rings. The van der Waals surface area contributed by atoms with E-state index in [2.05, 4.69) is 19.1 Å². The average molecular weight is 389 g/mol. The van der Waals surface area contributed by atoms with E-state index in [1.54, 1.807) is 0 Å². The molecular weight excluding hydrogens is 356 g/mol. The van der Waals surface area contributed by atoms with E-state index in [0.717, 1.165) is 40.9 Å². The zero-order valence-corrected chi connectivity index (χ0v) is 17.6. The third kappa shape index (κ3) is 5.11. The third-order valence-corrected chi connectivity index (χ3v) is 6.06. The molecule has 0 radical (unpaired) electrons. The second-order valence-electron chi connectivity index (χ2n) is 7.88. The van der Waals surface area contributed by atoms with Gasteiger partial charge in [0.25, 0.3) is 0 Å². The van der Waals surface area contributed by atoms with Gasteiger partial charge in [-0.15, -0.1) is 0 Å². The molecule has 27 heavy (non-hydrogen) atoms. The highest BCUT2D eigenvalue weighted by Crippen LogP contribution is 2.45. The number of unbranched alkanes of at least 4 members (excludes halogenated alkanes) is 3. The van der Waals surface area contributed by atoms with Crippen molar-refractivity contribution in [3.63, 3.8) is 0 Å². The molecule has 2 aromatic carbocycles. The molecule has 1 unspecified atom stereocenters. The van der Waals surface area contributed by atoms with Gasteiger partial charge >= 0.3 is 0 Å². The first-order chi connectivity index (χ1) is 13.0. The van der Waals surface area contributed by atoms with Gasteiger partial charge in [-0.05, 0) is 44.3 Å². The summed E-state index contributed by atoms with van der Waals surface area (Å²) in [5.74, 6) is 4.19. The van der Waals surface area contributed by atoms with E-state index >= 15 is 0 Å². The molecule has 0 saturated heterocycles. The van der Waals surface area contributed by atoms with Gasteiger partial charge in [-0.25, -0.2) is 0 Å². The lowest BCUT2D eigenvalue weighted by molar-refractivity contribution is 0.0130. The molecule has 1 heterocycles. The van der Waals surface area contributed by atoms with Crippen molar-refractivity contribution < 1.29 is 14.6 Å². The van der Waals surface area contributed by atoms with E-state index in [1.807, 2.05) is 43.8 Å². The van der Waals surface area contributed by atoms with E-state index in [9.17, 15) is 5.11 Å². The monoisotopic (exact) mass is 388 g/mol. The molecule has 1 aliphatic heterocycles. The Morgan fingerprint density at radius 1 is 1.11 bits per heavy atom. The lowest BCUT2D eigenvalue weighted by Crippen LogP contribution is -2.34. The number of aliphatic hydroxyl groups is 1. The molecule has 3 rings (SSSR count). The normalized spacial score (nSPS) is 18.1. The van der Waals surface area contributed by atoms with E-state index in [0.29, 0.717) is 6.42 Å². The maximum absolute atomic E-state index is 10.5. The maximum Gasteiger partial charge on any atom is 0.133 e. The van der Waals surface area contributed by atoms with Crippen LogP contribution in [0.1, 0.15) is 64.5 Å². The van der Waals surface area contributed by atoms with E-state index in [4.69, 9.17) is 9.47 Å². The molecule has 3 nitrogen and oxygen atoms in total. The number of thioether (sulfide) groups is 1. The van der Waals surface area contributed by atoms with Crippen molar-refractivity contribution in [1.82, 2.24) is 0 Å². The summed E-state index contributed by atoms with van der Waals surface area (Å²) in [6, 6.07) is 10.1. The van der Waals surface area contributed by atoms with Gasteiger partial charge in [-0.2, -0.15) is 11.8 Å². The summed E-state index contributed by atoms with van der Waals surface area (Å²) in [6.07, 6.45) is 5.00. The first-order valence-corrected chi connectivity index (χ1v) is 11.3. The summed E-state index contributed by atoms with van der Waals surface area (Å²) in [7, 11) is 0. The molecular formula is C23H32O3S. The summed E-state index contributed by atoms with van der Waals surface area (Å²) in [5, 5.41) is 12.6. The SMILES string of the molecule is CCSCCCCCCOc1cccc2c3c(ccc12)C(O)CC(C)(C)O3. The molecule has 0 fully saturated rings. The number of aliphatic hydroxyl groups excluding tert-OH is 1. The maximum atomic E-state index is 10.5. The van der Waals surface area contributed by atoms with Gasteiger partial charge in [0.15, 0.2) is 0 Å². The second-order valence-corrected chi connectivity index (χ2v) is 9.27. The molecule has 0 amide bonds. The first kappa shape index (κ1) is 20.3. The Morgan fingerprint density at radius 3 is 2.74 bits per heavy atom. The van der Waals surface area contributed by atoms with Gasteiger partial charge in [-0.1, -0.05) is 44.0 Å². The van der Waals surface area contributed by atoms with Gasteiger partial charge < -0.3 is 14.6 Å². The van der Waals surface area contributed by atoms with Crippen LogP contribution >= 0.6 is 11.8 Å². The lowest BCUT2D eigenvalue weighted by Gasteiger charge is -2.36. The van der Waals surface area contributed by atoms with Crippen LogP contribution in [0.5, 0.6) is 11.5 Å². The van der Waals surface area contributed by atoms with Crippen LogP contribution < -0.4 is 9.47 Å². The highest BCUT2D eigenvalue weighted by atomic mass is 32.2. The molecule has 1 N–H and O–H groups in total. The van der Waals surface area contributed by atoms with Crippen LogP contribution in [0.15, 0.2) is 30.3 Å². The minimum absolute atomic E-state index is 0.367. The largest absolute Gasteiger partial charge is 0.493 e. The summed E-state index contributed by atoms with van der Waals surface area (Å²) >= 11 is 2.02. The van der Waals surface area contributed by atoms with Crippen LogP contribution in [-0.4, -0.2) is 28.8 Å². The summed E-state index contributed by atoms with van der Waals surface area (Å²) in [5.41, 5.74) is 0.511. The predicted octanol–water partition coefficient (Wildman–Crippen LogP) is 6.13. The number of rotatable bonds is 9. The minimum atomic E-state index is -0.483. The van der Waals surface area contributed by atoms with Crippen molar-refractivity contribution in [3.8, 4) is 11.5 Å². The number of fused-ring (bicyclic) bond motifs is 3. The van der Waals surface area contributed by atoms with Gasteiger partial charge in [0.2, 0.25) is 0 Å². The van der Waals surface area contributed by atoms with Crippen molar-refractivity contribution in [2.24, 2.45) is 0 Å². The summed E-state index contributed by atoms with van der Waals surface area (Å²) in [4.78, 5) is 0. The number of hydrogen-bond donors (Lipinski definition) is 1. The molecule has 0 aromatic heterocycles. The van der Waals surface area contributed by atoms with Crippen molar-refractivity contribution in [1.29, 1.82) is 0 Å². The fraction of sp³-hybridized carbons (Fsp3) is 0.565. The van der Waals surface area contributed by atoms with Gasteiger partial charge in [-0.3, -0.25) is 0 Å². The summed E-state index contributed by atoms with van der Waals surface area (Å²) in [6.45, 7) is 7.01. The Kier molecular flexibility index (Phi) is 6.93. The van der Waals surface area contributed by atoms with E-state index in [-0.39, 0.29) is 5.60 Å². The van der Waals surface area contributed by atoms with Crippen LogP contribution in [-0.2, 0) is 0 Å². The standard InChI is InChI=1S/C23H32O3S/c1-4-27-15-8-6-5-7-14-25-21-11-9-10-18-17(21)12-13-19-20(24)16-23(2,3)26-22(18)19/h9-13,20,24H,4-8,14-16H2,1-3H3. The fourth-order valence-electron chi connectivity index (χ4n) is 3.70. The van der Waals surface area contributed by atoms with Crippen molar-refractivity contribution in [2.75, 3.05) is 18.1 Å². The quantitative estimate of drug-likeness (QED) is 0.525. The molecule has 1 atom stereocenters. The highest BCUT2D eigenvalue weighted by molar-refractivity contribution is 7.99. The Bertz CT molecular complexity index is 757. The Morgan fingerprint density at radius 2 is 1.93 bits per heavy atom. The van der Waals surface area contributed by atoms with Crippen LogP contribution in [0.4, 0.5) is 0 Å². The zero-order chi connectivity index (χ0) is 19.3. The lowest BCUT2D eigenvalue weighted by atomic mass is 9.90. The molecule has 0 spiro atoms. The van der Waals surface area contributed by atoms with Gasteiger partial charge in [0.1, 0.15) is 17.1 Å². The average Bonchev–Trinajstić information content (AvgIpc) is 2.63. The predicted molar refractivity (Wildman–Crippen MR) is 115 cm³/mol. The number of benzene rings is 2. The third-order valence-electron chi connectivity index (χ3n) is 5.07. The van der Waals surface area contributed by atoms with E-state index < -0.39 is 6.10 Å². The van der Waals surface area contributed by atoms with Crippen molar-refractivity contribution in [3.05, 3.63) is 35.9 Å². The molecule has 4 heteroatoms. The van der Waals surface area contributed by atoms with Gasteiger partial charge in [0, 0.05) is 22.8 Å². The van der Waals surface area contributed by atoms with Crippen molar-refractivity contribution >= 4 is 22.5 Å². The topological polar surface area (TPSA) is 38.7 Å². The second kappa shape index (κ2) is 9.20. The first-order valence-electron chi connectivity index (χ1n) is 10.1. The smallest absolute Gasteiger partial charge is 0.133 e. The molecule has 2 aromatic rings. The van der Waals surface area contributed by atoms with Gasteiger partial charge in [0.05, 0.1) is 12.7 Å². The fourth-order valence-corrected chi connectivity index (χ4v) is 4.40. The number of ether oxygens (including phenoxy) is 2. The van der Waals surface area contributed by atoms with Crippen LogP contribution in [0.25, 0.3) is 10.8 Å². The van der Waals surface area contributed by atoms with Crippen molar-refractivity contribution in [2.45, 2.75) is 64.6 Å². The van der Waals surface area contributed by atoms with E-state index in [1.165, 1.54) is 30.8 Å². The van der Waals surface area contributed by atoms with Crippen LogP contribution in [0, 0.1) is 0 Å². The Balaban J connectivity index is 1.66. The highest BCUT2D eigenvalue weighted by Gasteiger charge is 2.33. The van der Waals surface area contributed by atoms with Crippen LogP contribution in [0.2, 0.25) is 0 Å². The molecule has 0 saturated carbocycles.